The highest BCUT2D eigenvalue weighted by molar-refractivity contribution is 5.75. The molecule has 0 aromatic carbocycles. The summed E-state index contributed by atoms with van der Waals surface area (Å²) in [5.41, 5.74) is 6.97. The molecule has 0 spiro atoms. The van der Waals surface area contributed by atoms with E-state index in [1.54, 1.807) is 0 Å². The van der Waals surface area contributed by atoms with Crippen molar-refractivity contribution in [3.8, 4) is 0 Å². The molecule has 0 rings (SSSR count). The number of nitrogens with one attached hydrogen (secondary N) is 1. The molecular formula is C15H30NO. The fourth-order valence-electron chi connectivity index (χ4n) is 2.07. The van der Waals surface area contributed by atoms with Gasteiger partial charge in [0.15, 0.2) is 0 Å². The minimum absolute atomic E-state index is 0.0518. The summed E-state index contributed by atoms with van der Waals surface area (Å²) in [7, 11) is 0. The van der Waals surface area contributed by atoms with Crippen LogP contribution in [0.1, 0.15) is 84.5 Å². The van der Waals surface area contributed by atoms with Gasteiger partial charge in [0.1, 0.15) is 0 Å². The van der Waals surface area contributed by atoms with Crippen molar-refractivity contribution in [1.82, 2.24) is 5.73 Å². The lowest BCUT2D eigenvalue weighted by Gasteiger charge is -2.05. The molecular weight excluding hydrogens is 210 g/mol. The lowest BCUT2D eigenvalue weighted by molar-refractivity contribution is -0.122. The molecule has 0 heterocycles. The van der Waals surface area contributed by atoms with E-state index in [0.29, 0.717) is 0 Å². The zero-order chi connectivity index (χ0) is 12.9. The molecule has 0 aromatic heterocycles. The molecule has 17 heavy (non-hydrogen) atoms. The van der Waals surface area contributed by atoms with Crippen LogP contribution in [0.25, 0.3) is 0 Å². The van der Waals surface area contributed by atoms with Gasteiger partial charge in [-0.15, -0.1) is 0 Å². The molecule has 0 aliphatic heterocycles. The van der Waals surface area contributed by atoms with E-state index in [2.05, 4.69) is 6.92 Å². The highest BCUT2D eigenvalue weighted by atomic mass is 16.1. The lowest BCUT2D eigenvalue weighted by atomic mass is 10.0. The first-order valence-electron chi connectivity index (χ1n) is 7.44. The Kier molecular flexibility index (Phi) is 11.6. The Hall–Kier alpha value is -0.530. The predicted molar refractivity (Wildman–Crippen MR) is 73.7 cm³/mol. The summed E-state index contributed by atoms with van der Waals surface area (Å²) < 4.78 is 0. The summed E-state index contributed by atoms with van der Waals surface area (Å²) in [5, 5.41) is 0. The van der Waals surface area contributed by atoms with Gasteiger partial charge in [-0.1, -0.05) is 78.1 Å². The molecule has 0 aliphatic rings. The Morgan fingerprint density at radius 1 is 0.882 bits per heavy atom. The topological polar surface area (TPSA) is 40.9 Å². The number of rotatable bonds is 12. The van der Waals surface area contributed by atoms with Crippen LogP contribution in [-0.2, 0) is 4.79 Å². The highest BCUT2D eigenvalue weighted by Crippen LogP contribution is 2.13. The van der Waals surface area contributed by atoms with Crippen molar-refractivity contribution in [1.29, 1.82) is 0 Å². The van der Waals surface area contributed by atoms with Gasteiger partial charge in [0.25, 0.3) is 0 Å². The normalized spacial score (nSPS) is 12.6. The van der Waals surface area contributed by atoms with Gasteiger partial charge in [-0.3, -0.25) is 10.5 Å². The van der Waals surface area contributed by atoms with E-state index < -0.39 is 5.91 Å². The zero-order valence-electron chi connectivity index (χ0n) is 11.8. The molecule has 1 atom stereocenters. The van der Waals surface area contributed by atoms with E-state index in [1.165, 1.54) is 57.8 Å². The largest absolute Gasteiger partial charge is 0.273 e. The van der Waals surface area contributed by atoms with Crippen molar-refractivity contribution in [2.24, 2.45) is 5.92 Å². The van der Waals surface area contributed by atoms with Crippen LogP contribution in [0.4, 0.5) is 0 Å². The molecule has 1 radical (unpaired) electrons. The Balaban J connectivity index is 3.06. The van der Waals surface area contributed by atoms with Gasteiger partial charge in [0.2, 0.25) is 5.91 Å². The minimum Gasteiger partial charge on any atom is -0.273 e. The fraction of sp³-hybridized carbons (Fsp3) is 0.933. The molecule has 0 saturated heterocycles. The van der Waals surface area contributed by atoms with Gasteiger partial charge in [-0.2, -0.15) is 0 Å². The Morgan fingerprint density at radius 3 is 1.71 bits per heavy atom. The molecule has 0 saturated carbocycles. The van der Waals surface area contributed by atoms with Gasteiger partial charge in [0.05, 0.1) is 0 Å². The van der Waals surface area contributed by atoms with Crippen molar-refractivity contribution in [2.75, 3.05) is 0 Å². The van der Waals surface area contributed by atoms with E-state index in [0.717, 1.165) is 12.8 Å². The number of carbonyl (C=O) groups is 1. The molecule has 0 bridgehead atoms. The number of amides is 1. The van der Waals surface area contributed by atoms with Crippen LogP contribution < -0.4 is 5.73 Å². The smallest absolute Gasteiger partial charge is 0.241 e. The van der Waals surface area contributed by atoms with Crippen LogP contribution in [0.2, 0.25) is 0 Å². The van der Waals surface area contributed by atoms with Crippen LogP contribution >= 0.6 is 0 Å². The van der Waals surface area contributed by atoms with Crippen LogP contribution in [-0.4, -0.2) is 5.91 Å². The average Bonchev–Trinajstić information content (AvgIpc) is 2.31. The summed E-state index contributed by atoms with van der Waals surface area (Å²) >= 11 is 0. The van der Waals surface area contributed by atoms with Gasteiger partial charge in [-0.25, -0.2) is 0 Å². The molecule has 1 amide bonds. The first-order valence-corrected chi connectivity index (χ1v) is 7.44. The van der Waals surface area contributed by atoms with E-state index in [-0.39, 0.29) is 5.92 Å². The zero-order valence-corrected chi connectivity index (χ0v) is 11.8. The molecule has 1 N–H and O–H groups in total. The summed E-state index contributed by atoms with van der Waals surface area (Å²) in [6.45, 7) is 4.12. The molecule has 0 fully saturated rings. The van der Waals surface area contributed by atoms with E-state index in [1.807, 2.05) is 6.92 Å². The Bertz CT molecular complexity index is 180. The summed E-state index contributed by atoms with van der Waals surface area (Å²) in [6.07, 6.45) is 14.2. The molecule has 1 unspecified atom stereocenters. The van der Waals surface area contributed by atoms with Gasteiger partial charge in [-0.05, 0) is 6.42 Å². The fourth-order valence-corrected chi connectivity index (χ4v) is 2.07. The third-order valence-electron chi connectivity index (χ3n) is 3.44. The first-order chi connectivity index (χ1) is 8.18. The van der Waals surface area contributed by atoms with Gasteiger partial charge in [0, 0.05) is 5.92 Å². The van der Waals surface area contributed by atoms with Gasteiger partial charge < -0.3 is 0 Å². The van der Waals surface area contributed by atoms with Crippen LogP contribution in [0.15, 0.2) is 0 Å². The maximum Gasteiger partial charge on any atom is 0.241 e. The van der Waals surface area contributed by atoms with Crippen molar-refractivity contribution >= 4 is 5.91 Å². The second kappa shape index (κ2) is 11.9. The molecule has 2 nitrogen and oxygen atoms in total. The third-order valence-corrected chi connectivity index (χ3v) is 3.44. The maximum atomic E-state index is 10.7. The minimum atomic E-state index is -0.402. The number of unbranched alkanes of at least 4 members (excludes halogenated alkanes) is 9. The average molecular weight is 240 g/mol. The molecule has 2 heteroatoms. The van der Waals surface area contributed by atoms with Crippen LogP contribution in [0, 0.1) is 5.92 Å². The highest BCUT2D eigenvalue weighted by Gasteiger charge is 2.07. The van der Waals surface area contributed by atoms with Crippen LogP contribution in [0.3, 0.4) is 0 Å². The monoisotopic (exact) mass is 240 g/mol. The second-order valence-electron chi connectivity index (χ2n) is 5.24. The molecule has 101 valence electrons. The van der Waals surface area contributed by atoms with Gasteiger partial charge >= 0.3 is 0 Å². The van der Waals surface area contributed by atoms with E-state index in [9.17, 15) is 4.79 Å². The summed E-state index contributed by atoms with van der Waals surface area (Å²) in [4.78, 5) is 10.7. The number of hydrogen-bond acceptors (Lipinski definition) is 1. The summed E-state index contributed by atoms with van der Waals surface area (Å²) in [5.74, 6) is -0.454. The van der Waals surface area contributed by atoms with Crippen LogP contribution in [0.5, 0.6) is 0 Å². The Labute approximate surface area is 107 Å². The summed E-state index contributed by atoms with van der Waals surface area (Å²) in [6, 6.07) is 0. The second-order valence-corrected chi connectivity index (χ2v) is 5.24. The van der Waals surface area contributed by atoms with Crippen molar-refractivity contribution < 1.29 is 4.79 Å². The number of hydrogen-bond donors (Lipinski definition) is 0. The number of carbonyl (C=O) groups excluding carboxylic acids is 1. The van der Waals surface area contributed by atoms with Crippen molar-refractivity contribution in [2.45, 2.75) is 84.5 Å². The molecule has 0 aliphatic carbocycles. The van der Waals surface area contributed by atoms with E-state index >= 15 is 0 Å². The quantitative estimate of drug-likeness (QED) is 0.454. The SMILES string of the molecule is CCCCCCCCCCCCC(C)C([NH])=O. The first kappa shape index (κ1) is 16.5. The maximum absolute atomic E-state index is 10.7. The van der Waals surface area contributed by atoms with Crippen molar-refractivity contribution in [3.63, 3.8) is 0 Å². The van der Waals surface area contributed by atoms with E-state index in [4.69, 9.17) is 5.73 Å². The third kappa shape index (κ3) is 11.7. The molecule has 0 aromatic rings. The van der Waals surface area contributed by atoms with Crippen molar-refractivity contribution in [3.05, 3.63) is 0 Å². The Morgan fingerprint density at radius 2 is 1.29 bits per heavy atom. The standard InChI is InChI=1S/C15H30NO/c1-3-4-5-6-7-8-9-10-11-12-13-14(2)15(16)17/h14,16H,3-13H2,1-2H3. The predicted octanol–water partition coefficient (Wildman–Crippen LogP) is 4.74. The lowest BCUT2D eigenvalue weighted by Crippen LogP contribution is -2.10.